The van der Waals surface area contributed by atoms with Crippen LogP contribution < -0.4 is 10.1 Å². The zero-order chi connectivity index (χ0) is 20.3. The van der Waals surface area contributed by atoms with Crippen molar-refractivity contribution in [2.75, 3.05) is 40.5 Å². The lowest BCUT2D eigenvalue weighted by atomic mass is 10.0. The van der Waals surface area contributed by atoms with Gasteiger partial charge in [0.2, 0.25) is 5.88 Å². The van der Waals surface area contributed by atoms with Gasteiger partial charge in [0.25, 0.3) is 0 Å². The third-order valence-corrected chi connectivity index (χ3v) is 4.90. The lowest BCUT2D eigenvalue weighted by Crippen LogP contribution is -2.44. The predicted molar refractivity (Wildman–Crippen MR) is 132 cm³/mol. The van der Waals surface area contributed by atoms with Crippen molar-refractivity contribution in [2.45, 2.75) is 19.4 Å². The molecule has 7 heteroatoms. The maximum atomic E-state index is 5.72. The third kappa shape index (κ3) is 7.28. The summed E-state index contributed by atoms with van der Waals surface area (Å²) < 4.78 is 10.8. The number of nitrogens with zero attached hydrogens (tertiary/aromatic N) is 3. The van der Waals surface area contributed by atoms with Crippen LogP contribution in [-0.4, -0.2) is 56.3 Å². The molecular formula is C23H31IN4O2. The van der Waals surface area contributed by atoms with Crippen molar-refractivity contribution in [2.24, 2.45) is 4.99 Å². The Bertz CT molecular complexity index is 817. The summed E-state index contributed by atoms with van der Waals surface area (Å²) in [6.07, 6.45) is 6.15. The second-order valence-corrected chi connectivity index (χ2v) is 6.91. The molecule has 1 saturated heterocycles. The summed E-state index contributed by atoms with van der Waals surface area (Å²) in [5.41, 5.74) is 3.77. The van der Waals surface area contributed by atoms with Crippen molar-refractivity contribution >= 4 is 36.0 Å². The Labute approximate surface area is 196 Å². The smallest absolute Gasteiger partial charge is 0.218 e. The summed E-state index contributed by atoms with van der Waals surface area (Å²) in [5, 5.41) is 3.46. The van der Waals surface area contributed by atoms with Crippen molar-refractivity contribution in [3.8, 4) is 5.88 Å². The normalized spacial score (nSPS) is 14.1. The molecule has 1 aliphatic rings. The van der Waals surface area contributed by atoms with Gasteiger partial charge in [0.05, 0.1) is 6.61 Å². The fourth-order valence-corrected chi connectivity index (χ4v) is 3.35. The fraction of sp³-hybridized carbons (Fsp3) is 0.391. The van der Waals surface area contributed by atoms with Gasteiger partial charge in [-0.25, -0.2) is 4.98 Å². The highest BCUT2D eigenvalue weighted by Crippen LogP contribution is 2.20. The zero-order valence-electron chi connectivity index (χ0n) is 17.7. The quantitative estimate of drug-likeness (QED) is 0.258. The highest BCUT2D eigenvalue weighted by atomic mass is 127. The predicted octanol–water partition coefficient (Wildman–Crippen LogP) is 3.98. The summed E-state index contributed by atoms with van der Waals surface area (Å²) in [4.78, 5) is 11.1. The number of pyridine rings is 1. The summed E-state index contributed by atoms with van der Waals surface area (Å²) in [6.45, 7) is 3.56. The number of methoxy groups -OCH3 is 1. The number of nitrogens with one attached hydrogen (secondary N) is 1. The number of piperidine rings is 1. The molecule has 0 spiro atoms. The van der Waals surface area contributed by atoms with E-state index in [1.165, 1.54) is 11.1 Å². The highest BCUT2D eigenvalue weighted by Gasteiger charge is 2.17. The minimum Gasteiger partial charge on any atom is -0.475 e. The van der Waals surface area contributed by atoms with Crippen molar-refractivity contribution in [3.63, 3.8) is 0 Å². The lowest BCUT2D eigenvalue weighted by molar-refractivity contribution is 0.143. The van der Waals surface area contributed by atoms with Gasteiger partial charge in [-0.2, -0.15) is 0 Å². The monoisotopic (exact) mass is 522 g/mol. The van der Waals surface area contributed by atoms with Gasteiger partial charge >= 0.3 is 0 Å². The third-order valence-electron chi connectivity index (χ3n) is 4.90. The second-order valence-electron chi connectivity index (χ2n) is 6.91. The molecule has 0 radical (unpaired) electrons. The van der Waals surface area contributed by atoms with Crippen LogP contribution in [0.15, 0.2) is 59.2 Å². The number of aliphatic imine (C=N–C) groups is 1. The highest BCUT2D eigenvalue weighted by molar-refractivity contribution is 14.0. The van der Waals surface area contributed by atoms with Crippen LogP contribution in [0.3, 0.4) is 0 Å². The van der Waals surface area contributed by atoms with E-state index in [9.17, 15) is 0 Å². The Morgan fingerprint density at radius 3 is 2.60 bits per heavy atom. The first-order chi connectivity index (χ1) is 14.3. The average molecular weight is 522 g/mol. The largest absolute Gasteiger partial charge is 0.475 e. The molecule has 0 amide bonds. The lowest BCUT2D eigenvalue weighted by Gasteiger charge is -2.31. The van der Waals surface area contributed by atoms with Gasteiger partial charge in [0.1, 0.15) is 6.61 Å². The van der Waals surface area contributed by atoms with E-state index in [0.717, 1.165) is 37.5 Å². The molecule has 1 aromatic heterocycles. The number of hydrogen-bond acceptors (Lipinski definition) is 4. The van der Waals surface area contributed by atoms with Gasteiger partial charge in [-0.3, -0.25) is 4.99 Å². The molecule has 3 rings (SSSR count). The van der Waals surface area contributed by atoms with E-state index in [0.29, 0.717) is 25.6 Å². The molecular weight excluding hydrogens is 491 g/mol. The fourth-order valence-electron chi connectivity index (χ4n) is 3.35. The van der Waals surface area contributed by atoms with Crippen LogP contribution in [0.25, 0.3) is 6.08 Å². The standard InChI is InChI=1S/C23H30N4O2.HI/c1-24-23(26-18-21-9-6-12-25-22(21)29-16-15-28-2)27-13-10-20(11-14-27)17-19-7-4-3-5-8-19;/h3-9,12,17H,10-11,13-16,18H2,1-2H3,(H,24,26);1H. The van der Waals surface area contributed by atoms with Gasteiger partial charge in [-0.1, -0.05) is 48.0 Å². The van der Waals surface area contributed by atoms with Gasteiger partial charge in [-0.15, -0.1) is 24.0 Å². The Morgan fingerprint density at radius 2 is 1.90 bits per heavy atom. The molecule has 1 aliphatic heterocycles. The molecule has 0 bridgehead atoms. The maximum Gasteiger partial charge on any atom is 0.218 e. The number of halogens is 1. The van der Waals surface area contributed by atoms with Gasteiger partial charge in [-0.05, 0) is 24.5 Å². The molecule has 2 aromatic rings. The van der Waals surface area contributed by atoms with Crippen LogP contribution in [0.4, 0.5) is 0 Å². The number of benzene rings is 1. The molecule has 1 N–H and O–H groups in total. The van der Waals surface area contributed by atoms with Crippen LogP contribution in [0.5, 0.6) is 5.88 Å². The summed E-state index contributed by atoms with van der Waals surface area (Å²) in [5.74, 6) is 1.55. The van der Waals surface area contributed by atoms with Crippen LogP contribution in [0, 0.1) is 0 Å². The van der Waals surface area contributed by atoms with E-state index in [1.807, 2.05) is 19.2 Å². The Hall–Kier alpha value is -2.13. The molecule has 0 unspecified atom stereocenters. The number of ether oxygens (including phenoxy) is 2. The van der Waals surface area contributed by atoms with E-state index in [-0.39, 0.29) is 24.0 Å². The molecule has 0 atom stereocenters. The van der Waals surface area contributed by atoms with Crippen LogP contribution >= 0.6 is 24.0 Å². The number of rotatable bonds is 7. The molecule has 1 fully saturated rings. The van der Waals surface area contributed by atoms with Crippen molar-refractivity contribution in [1.29, 1.82) is 0 Å². The van der Waals surface area contributed by atoms with E-state index in [4.69, 9.17) is 9.47 Å². The number of guanidine groups is 1. The molecule has 162 valence electrons. The Kier molecular flexibility index (Phi) is 10.6. The topological polar surface area (TPSA) is 59.0 Å². The summed E-state index contributed by atoms with van der Waals surface area (Å²) >= 11 is 0. The molecule has 2 heterocycles. The minimum absolute atomic E-state index is 0. The molecule has 0 saturated carbocycles. The van der Waals surface area contributed by atoms with Crippen LogP contribution in [0.1, 0.15) is 24.0 Å². The summed E-state index contributed by atoms with van der Waals surface area (Å²) in [7, 11) is 3.49. The second kappa shape index (κ2) is 13.2. The number of hydrogen-bond donors (Lipinski definition) is 1. The van der Waals surface area contributed by atoms with E-state index >= 15 is 0 Å². The maximum absolute atomic E-state index is 5.72. The van der Waals surface area contributed by atoms with Gasteiger partial charge in [0, 0.05) is 45.6 Å². The molecule has 6 nitrogen and oxygen atoms in total. The first-order valence-corrected chi connectivity index (χ1v) is 10.1. The van der Waals surface area contributed by atoms with E-state index < -0.39 is 0 Å². The first-order valence-electron chi connectivity index (χ1n) is 10.1. The Morgan fingerprint density at radius 1 is 1.13 bits per heavy atom. The molecule has 30 heavy (non-hydrogen) atoms. The van der Waals surface area contributed by atoms with Crippen molar-refractivity contribution in [1.82, 2.24) is 15.2 Å². The minimum atomic E-state index is 0. The van der Waals surface area contributed by atoms with Crippen molar-refractivity contribution in [3.05, 3.63) is 65.4 Å². The number of aromatic nitrogens is 1. The van der Waals surface area contributed by atoms with Crippen LogP contribution in [-0.2, 0) is 11.3 Å². The van der Waals surface area contributed by atoms with Gasteiger partial charge in [0.15, 0.2) is 5.96 Å². The Balaban J connectivity index is 0.00000320. The zero-order valence-corrected chi connectivity index (χ0v) is 20.0. The van der Waals surface area contributed by atoms with Crippen LogP contribution in [0.2, 0.25) is 0 Å². The average Bonchev–Trinajstić information content (AvgIpc) is 2.77. The SMILES string of the molecule is CN=C(NCc1cccnc1OCCOC)N1CCC(=Cc2ccccc2)CC1.I. The first kappa shape index (κ1) is 24.1. The summed E-state index contributed by atoms with van der Waals surface area (Å²) in [6, 6.07) is 14.5. The van der Waals surface area contributed by atoms with Crippen molar-refractivity contribution < 1.29 is 9.47 Å². The molecule has 1 aromatic carbocycles. The van der Waals surface area contributed by atoms with Gasteiger partial charge < -0.3 is 19.7 Å². The molecule has 0 aliphatic carbocycles. The van der Waals surface area contributed by atoms with E-state index in [1.54, 1.807) is 13.3 Å². The van der Waals surface area contributed by atoms with E-state index in [2.05, 4.69) is 56.6 Å². The number of likely N-dealkylation sites (tertiary alicyclic amines) is 1.